The lowest BCUT2D eigenvalue weighted by Gasteiger charge is -2.44. The molecule has 1 fully saturated rings. The smallest absolute Gasteiger partial charge is 0.475 e. The second-order valence-corrected chi connectivity index (χ2v) is 9.53. The quantitative estimate of drug-likeness (QED) is 0.442. The fourth-order valence-corrected chi connectivity index (χ4v) is 4.31. The number of hydrogen-bond acceptors (Lipinski definition) is 7. The van der Waals surface area contributed by atoms with Gasteiger partial charge in [0.25, 0.3) is 5.91 Å². The van der Waals surface area contributed by atoms with E-state index in [2.05, 4.69) is 36.0 Å². The first-order valence-electron chi connectivity index (χ1n) is 12.5. The van der Waals surface area contributed by atoms with E-state index in [9.17, 15) is 31.1 Å². The van der Waals surface area contributed by atoms with Crippen LogP contribution in [0.5, 0.6) is 0 Å². The standard InChI is InChI=1S/C20H28N6O.2C2HF3O2/c1-2-9-22-19(27)18-24-23-17-5-6-20(15-26(17)18)7-11-25(12-8-20)14-16-4-3-10-21-13-16;2*3-2(4,5)1(6)7/h3-4,10,13H,2,5-9,11-12,14-15H2,1H3,(H,22,27);2*(H,6,7). The van der Waals surface area contributed by atoms with E-state index in [1.54, 1.807) is 0 Å². The summed E-state index contributed by atoms with van der Waals surface area (Å²) in [4.78, 5) is 36.9. The molecule has 17 heteroatoms. The van der Waals surface area contributed by atoms with E-state index in [0.29, 0.717) is 12.4 Å². The fraction of sp³-hybridized carbons (Fsp3) is 0.583. The number of nitrogens with one attached hydrogen (secondary N) is 1. The number of hydrogen-bond donors (Lipinski definition) is 3. The Balaban J connectivity index is 0.000000349. The number of aryl methyl sites for hydroxylation is 1. The minimum Gasteiger partial charge on any atom is -0.475 e. The second-order valence-electron chi connectivity index (χ2n) is 9.53. The van der Waals surface area contributed by atoms with Crippen LogP contribution in [0.4, 0.5) is 26.3 Å². The highest BCUT2D eigenvalue weighted by atomic mass is 19.4. The van der Waals surface area contributed by atoms with Gasteiger partial charge in [0.2, 0.25) is 5.82 Å². The highest BCUT2D eigenvalue weighted by Crippen LogP contribution is 2.41. The highest BCUT2D eigenvalue weighted by molar-refractivity contribution is 5.90. The van der Waals surface area contributed by atoms with Crippen LogP contribution in [-0.4, -0.2) is 84.7 Å². The van der Waals surface area contributed by atoms with Crippen molar-refractivity contribution in [3.63, 3.8) is 0 Å². The maximum absolute atomic E-state index is 12.4. The number of aromatic nitrogens is 4. The number of carbonyl (C=O) groups is 3. The van der Waals surface area contributed by atoms with E-state index in [1.807, 2.05) is 25.4 Å². The molecule has 1 spiro atoms. The first kappa shape index (κ1) is 33.4. The number of likely N-dealkylation sites (tertiary alicyclic amines) is 1. The predicted molar refractivity (Wildman–Crippen MR) is 130 cm³/mol. The number of aliphatic carboxylic acids is 2. The summed E-state index contributed by atoms with van der Waals surface area (Å²) in [5, 5.41) is 25.6. The van der Waals surface area contributed by atoms with Gasteiger partial charge in [-0.3, -0.25) is 14.7 Å². The van der Waals surface area contributed by atoms with Crippen LogP contribution in [-0.2, 0) is 29.1 Å². The summed E-state index contributed by atoms with van der Waals surface area (Å²) >= 11 is 0. The number of carboxylic acid groups (broad SMARTS) is 2. The van der Waals surface area contributed by atoms with Gasteiger partial charge in [-0.15, -0.1) is 10.2 Å². The average molecular weight is 597 g/mol. The van der Waals surface area contributed by atoms with Crippen LogP contribution in [0, 0.1) is 5.41 Å². The number of rotatable bonds is 5. The molecule has 2 aliphatic heterocycles. The molecule has 0 bridgehead atoms. The van der Waals surface area contributed by atoms with Gasteiger partial charge in [-0.25, -0.2) is 9.59 Å². The van der Waals surface area contributed by atoms with Gasteiger partial charge >= 0.3 is 24.3 Å². The monoisotopic (exact) mass is 596 g/mol. The van der Waals surface area contributed by atoms with Crippen LogP contribution in [0.15, 0.2) is 24.5 Å². The molecule has 0 unspecified atom stereocenters. The molecule has 11 nitrogen and oxygen atoms in total. The lowest BCUT2D eigenvalue weighted by Crippen LogP contribution is -2.44. The third kappa shape index (κ3) is 10.3. The van der Waals surface area contributed by atoms with E-state index >= 15 is 0 Å². The van der Waals surface area contributed by atoms with Crippen molar-refractivity contribution in [1.29, 1.82) is 0 Å². The number of piperidine rings is 1. The van der Waals surface area contributed by atoms with E-state index < -0.39 is 24.3 Å². The number of carbonyl (C=O) groups excluding carboxylic acids is 1. The third-order valence-corrected chi connectivity index (χ3v) is 6.47. The molecule has 2 aliphatic rings. The lowest BCUT2D eigenvalue weighted by atomic mass is 9.73. The normalized spacial score (nSPS) is 16.4. The van der Waals surface area contributed by atoms with Crippen LogP contribution < -0.4 is 5.32 Å². The summed E-state index contributed by atoms with van der Waals surface area (Å²) in [6.07, 6.45) is -1.11. The van der Waals surface area contributed by atoms with Crippen LogP contribution in [0.2, 0.25) is 0 Å². The maximum Gasteiger partial charge on any atom is 0.490 e. The zero-order chi connectivity index (χ0) is 30.8. The molecule has 0 saturated carbocycles. The van der Waals surface area contributed by atoms with Gasteiger partial charge in [-0.2, -0.15) is 26.3 Å². The summed E-state index contributed by atoms with van der Waals surface area (Å²) < 4.78 is 65.5. The average Bonchev–Trinajstić information content (AvgIpc) is 3.32. The fourth-order valence-electron chi connectivity index (χ4n) is 4.31. The summed E-state index contributed by atoms with van der Waals surface area (Å²) in [6.45, 7) is 6.73. The summed E-state index contributed by atoms with van der Waals surface area (Å²) in [7, 11) is 0. The van der Waals surface area contributed by atoms with Crippen molar-refractivity contribution in [3.05, 3.63) is 41.7 Å². The molecule has 4 rings (SSSR count). The number of fused-ring (bicyclic) bond motifs is 1. The molecule has 1 saturated heterocycles. The van der Waals surface area contributed by atoms with Gasteiger partial charge in [0.05, 0.1) is 0 Å². The second kappa shape index (κ2) is 14.2. The van der Waals surface area contributed by atoms with Crippen molar-refractivity contribution in [1.82, 2.24) is 30.0 Å². The molecule has 0 radical (unpaired) electrons. The van der Waals surface area contributed by atoms with E-state index in [1.165, 1.54) is 5.56 Å². The van der Waals surface area contributed by atoms with Crippen molar-refractivity contribution in [2.45, 2.75) is 64.5 Å². The molecule has 2 aromatic heterocycles. The number of pyridine rings is 1. The van der Waals surface area contributed by atoms with Crippen molar-refractivity contribution in [2.24, 2.45) is 5.41 Å². The maximum atomic E-state index is 12.4. The van der Waals surface area contributed by atoms with Gasteiger partial charge in [-0.05, 0) is 55.8 Å². The summed E-state index contributed by atoms with van der Waals surface area (Å²) in [6, 6.07) is 4.14. The molecule has 0 aliphatic carbocycles. The lowest BCUT2D eigenvalue weighted by molar-refractivity contribution is -0.193. The van der Waals surface area contributed by atoms with Crippen LogP contribution in [0.25, 0.3) is 0 Å². The minimum absolute atomic E-state index is 0.0957. The van der Waals surface area contributed by atoms with Crippen molar-refractivity contribution < 1.29 is 50.9 Å². The molecule has 3 N–H and O–H groups in total. The molecule has 4 heterocycles. The Bertz CT molecular complexity index is 1140. The predicted octanol–water partition coefficient (Wildman–Crippen LogP) is 3.31. The van der Waals surface area contributed by atoms with Crippen molar-refractivity contribution in [2.75, 3.05) is 19.6 Å². The molecule has 0 aromatic carbocycles. The Hall–Kier alpha value is -3.76. The molecule has 2 aromatic rings. The number of carboxylic acids is 2. The Morgan fingerprint density at radius 2 is 1.59 bits per heavy atom. The largest absolute Gasteiger partial charge is 0.490 e. The Labute approximate surface area is 230 Å². The molecule has 0 atom stereocenters. The zero-order valence-corrected chi connectivity index (χ0v) is 22.0. The zero-order valence-electron chi connectivity index (χ0n) is 22.0. The van der Waals surface area contributed by atoms with Gasteiger partial charge in [0.15, 0.2) is 0 Å². The van der Waals surface area contributed by atoms with E-state index in [4.69, 9.17) is 19.8 Å². The minimum atomic E-state index is -5.08. The molecule has 41 heavy (non-hydrogen) atoms. The van der Waals surface area contributed by atoms with Crippen LogP contribution >= 0.6 is 0 Å². The number of alkyl halides is 6. The van der Waals surface area contributed by atoms with Gasteiger partial charge < -0.3 is 20.1 Å². The van der Waals surface area contributed by atoms with Crippen LogP contribution in [0.3, 0.4) is 0 Å². The number of amides is 1. The summed E-state index contributed by atoms with van der Waals surface area (Å²) in [5.74, 6) is -4.17. The summed E-state index contributed by atoms with van der Waals surface area (Å²) in [5.41, 5.74) is 1.54. The van der Waals surface area contributed by atoms with Crippen molar-refractivity contribution >= 4 is 17.8 Å². The molecular weight excluding hydrogens is 566 g/mol. The molecule has 1 amide bonds. The van der Waals surface area contributed by atoms with Gasteiger partial charge in [0, 0.05) is 38.4 Å². The van der Waals surface area contributed by atoms with Crippen LogP contribution in [0.1, 0.15) is 54.6 Å². The highest BCUT2D eigenvalue weighted by Gasteiger charge is 2.40. The van der Waals surface area contributed by atoms with Gasteiger partial charge in [-0.1, -0.05) is 13.0 Å². The third-order valence-electron chi connectivity index (χ3n) is 6.47. The number of nitrogens with zero attached hydrogens (tertiary/aromatic N) is 5. The Kier molecular flexibility index (Phi) is 11.6. The molecular formula is C24H30F6N6O5. The topological polar surface area (TPSA) is 151 Å². The first-order chi connectivity index (χ1) is 19.1. The van der Waals surface area contributed by atoms with Gasteiger partial charge in [0.1, 0.15) is 5.82 Å². The number of halogens is 6. The first-order valence-corrected chi connectivity index (χ1v) is 12.5. The Morgan fingerprint density at radius 1 is 1.00 bits per heavy atom. The van der Waals surface area contributed by atoms with E-state index in [0.717, 1.165) is 64.1 Å². The van der Waals surface area contributed by atoms with Crippen molar-refractivity contribution in [3.8, 4) is 0 Å². The SMILES string of the molecule is CCCNC(=O)c1nnc2n1CC1(CC2)CCN(Cc2cccnc2)CC1.O=C(O)C(F)(F)F.O=C(O)C(F)(F)F. The van der Waals surface area contributed by atoms with E-state index in [-0.39, 0.29) is 11.3 Å². The Morgan fingerprint density at radius 3 is 2.07 bits per heavy atom. The molecule has 228 valence electrons.